The van der Waals surface area contributed by atoms with E-state index in [1.807, 2.05) is 22.9 Å². The molecule has 4 nitrogen and oxygen atoms in total. The van der Waals surface area contributed by atoms with E-state index >= 15 is 0 Å². The van der Waals surface area contributed by atoms with Crippen LogP contribution in [0.4, 0.5) is 0 Å². The molecular weight excluding hydrogens is 252 g/mol. The van der Waals surface area contributed by atoms with E-state index in [0.717, 1.165) is 42.8 Å². The molecule has 1 fully saturated rings. The number of aliphatic hydroxyl groups is 1. The summed E-state index contributed by atoms with van der Waals surface area (Å²) < 4.78 is 7.62. The van der Waals surface area contributed by atoms with Gasteiger partial charge in [-0.3, -0.25) is 0 Å². The Labute approximate surface area is 119 Å². The molecule has 106 valence electrons. The molecule has 1 aromatic carbocycles. The van der Waals surface area contributed by atoms with E-state index in [1.165, 1.54) is 5.56 Å². The lowest BCUT2D eigenvalue weighted by Crippen LogP contribution is -2.21. The Balaban J connectivity index is 1.98. The highest BCUT2D eigenvalue weighted by Gasteiger charge is 2.20. The van der Waals surface area contributed by atoms with Crippen molar-refractivity contribution in [2.24, 2.45) is 0 Å². The molecule has 0 saturated carbocycles. The van der Waals surface area contributed by atoms with Crippen LogP contribution in [0.3, 0.4) is 0 Å². The Kier molecular flexibility index (Phi) is 3.85. The van der Waals surface area contributed by atoms with Crippen molar-refractivity contribution in [2.45, 2.75) is 39.0 Å². The van der Waals surface area contributed by atoms with E-state index in [1.54, 1.807) is 0 Å². The quantitative estimate of drug-likeness (QED) is 0.934. The lowest BCUT2D eigenvalue weighted by atomic mass is 10.1. The van der Waals surface area contributed by atoms with Gasteiger partial charge in [0.15, 0.2) is 6.23 Å². The van der Waals surface area contributed by atoms with E-state index < -0.39 is 0 Å². The number of benzene rings is 1. The molecule has 20 heavy (non-hydrogen) atoms. The average Bonchev–Trinajstić information content (AvgIpc) is 2.92. The Bertz CT molecular complexity index is 586. The highest BCUT2D eigenvalue weighted by Crippen LogP contribution is 2.28. The van der Waals surface area contributed by atoms with Gasteiger partial charge in [0, 0.05) is 12.2 Å². The smallest absolute Gasteiger partial charge is 0.150 e. The molecule has 0 spiro atoms. The summed E-state index contributed by atoms with van der Waals surface area (Å²) in [5.74, 6) is 0. The van der Waals surface area contributed by atoms with E-state index in [-0.39, 0.29) is 12.8 Å². The zero-order valence-electron chi connectivity index (χ0n) is 11.7. The first-order valence-corrected chi connectivity index (χ1v) is 7.16. The van der Waals surface area contributed by atoms with Gasteiger partial charge < -0.3 is 9.84 Å². The van der Waals surface area contributed by atoms with Crippen LogP contribution < -0.4 is 0 Å². The maximum absolute atomic E-state index is 9.56. The summed E-state index contributed by atoms with van der Waals surface area (Å²) >= 11 is 0. The monoisotopic (exact) mass is 272 g/mol. The first-order valence-electron chi connectivity index (χ1n) is 7.16. The molecule has 1 saturated heterocycles. The topological polar surface area (TPSA) is 47.3 Å². The standard InChI is InChI=1S/C16H20N2O2/c1-12-6-2-3-7-14(12)15-10-13(11-19)18(17-15)16-8-4-5-9-20-16/h2-3,6-7,10,16,19H,4-5,8-9,11H2,1H3. The van der Waals surface area contributed by atoms with Crippen molar-refractivity contribution in [3.8, 4) is 11.3 Å². The number of aromatic nitrogens is 2. The Hall–Kier alpha value is -1.65. The third-order valence-electron chi connectivity index (χ3n) is 3.82. The minimum atomic E-state index is -0.0383. The molecule has 1 aromatic heterocycles. The van der Waals surface area contributed by atoms with Gasteiger partial charge in [-0.2, -0.15) is 5.10 Å². The summed E-state index contributed by atoms with van der Waals surface area (Å²) in [6.45, 7) is 2.83. The maximum atomic E-state index is 9.56. The summed E-state index contributed by atoms with van der Waals surface area (Å²) in [5, 5.41) is 14.2. The second-order valence-electron chi connectivity index (χ2n) is 5.26. The van der Waals surface area contributed by atoms with Crippen molar-refractivity contribution >= 4 is 0 Å². The van der Waals surface area contributed by atoms with Gasteiger partial charge in [-0.05, 0) is 37.8 Å². The van der Waals surface area contributed by atoms with Gasteiger partial charge in [0.05, 0.1) is 18.0 Å². The van der Waals surface area contributed by atoms with Crippen LogP contribution in [-0.2, 0) is 11.3 Å². The van der Waals surface area contributed by atoms with E-state index in [2.05, 4.69) is 24.2 Å². The van der Waals surface area contributed by atoms with Gasteiger partial charge in [0.1, 0.15) is 0 Å². The number of nitrogens with zero attached hydrogens (tertiary/aromatic N) is 2. The molecule has 2 heterocycles. The Morgan fingerprint density at radius 2 is 2.20 bits per heavy atom. The van der Waals surface area contributed by atoms with Crippen LogP contribution in [0.5, 0.6) is 0 Å². The number of hydrogen-bond acceptors (Lipinski definition) is 3. The van der Waals surface area contributed by atoms with Gasteiger partial charge in [-0.1, -0.05) is 24.3 Å². The predicted molar refractivity (Wildman–Crippen MR) is 77.2 cm³/mol. The average molecular weight is 272 g/mol. The van der Waals surface area contributed by atoms with Crippen LogP contribution in [0.15, 0.2) is 30.3 Å². The third-order valence-corrected chi connectivity index (χ3v) is 3.82. The molecule has 1 unspecified atom stereocenters. The van der Waals surface area contributed by atoms with Crippen LogP contribution in [0.25, 0.3) is 11.3 Å². The number of rotatable bonds is 3. The van der Waals surface area contributed by atoms with E-state index in [4.69, 9.17) is 4.74 Å². The van der Waals surface area contributed by atoms with Gasteiger partial charge in [-0.15, -0.1) is 0 Å². The predicted octanol–water partition coefficient (Wildman–Crippen LogP) is 3.05. The van der Waals surface area contributed by atoms with Crippen molar-refractivity contribution < 1.29 is 9.84 Å². The molecule has 3 rings (SSSR count). The molecule has 1 aliphatic rings. The summed E-state index contributed by atoms with van der Waals surface area (Å²) in [4.78, 5) is 0. The van der Waals surface area contributed by atoms with Crippen molar-refractivity contribution in [3.63, 3.8) is 0 Å². The van der Waals surface area contributed by atoms with Crippen LogP contribution in [0.2, 0.25) is 0 Å². The molecular formula is C16H20N2O2. The lowest BCUT2D eigenvalue weighted by Gasteiger charge is -2.24. The van der Waals surface area contributed by atoms with Crippen LogP contribution in [0, 0.1) is 6.92 Å². The molecule has 0 aliphatic carbocycles. The zero-order valence-corrected chi connectivity index (χ0v) is 11.7. The van der Waals surface area contributed by atoms with Gasteiger partial charge in [-0.25, -0.2) is 4.68 Å². The molecule has 0 bridgehead atoms. The number of hydrogen-bond donors (Lipinski definition) is 1. The normalized spacial score (nSPS) is 19.2. The van der Waals surface area contributed by atoms with Gasteiger partial charge in [0.2, 0.25) is 0 Å². The minimum absolute atomic E-state index is 0.0151. The van der Waals surface area contributed by atoms with Crippen molar-refractivity contribution in [2.75, 3.05) is 6.61 Å². The molecule has 2 aromatic rings. The number of ether oxygens (including phenoxy) is 1. The summed E-state index contributed by atoms with van der Waals surface area (Å²) in [5.41, 5.74) is 4.01. The second kappa shape index (κ2) is 5.77. The SMILES string of the molecule is Cc1ccccc1-c1cc(CO)n(C2CCCCO2)n1. The van der Waals surface area contributed by atoms with Crippen LogP contribution in [0.1, 0.15) is 36.7 Å². The fourth-order valence-corrected chi connectivity index (χ4v) is 2.71. The minimum Gasteiger partial charge on any atom is -0.390 e. The Morgan fingerprint density at radius 1 is 1.35 bits per heavy atom. The van der Waals surface area contributed by atoms with Crippen molar-refractivity contribution in [1.82, 2.24) is 9.78 Å². The number of aryl methyl sites for hydroxylation is 1. The lowest BCUT2D eigenvalue weighted by molar-refractivity contribution is -0.0425. The molecule has 1 atom stereocenters. The molecule has 1 aliphatic heterocycles. The molecule has 0 amide bonds. The highest BCUT2D eigenvalue weighted by atomic mass is 16.5. The van der Waals surface area contributed by atoms with Crippen molar-refractivity contribution in [1.29, 1.82) is 0 Å². The molecule has 4 heteroatoms. The zero-order chi connectivity index (χ0) is 13.9. The maximum Gasteiger partial charge on any atom is 0.150 e. The summed E-state index contributed by atoms with van der Waals surface area (Å²) in [7, 11) is 0. The van der Waals surface area contributed by atoms with Gasteiger partial charge in [0.25, 0.3) is 0 Å². The third kappa shape index (κ3) is 2.49. The molecule has 1 N–H and O–H groups in total. The largest absolute Gasteiger partial charge is 0.390 e. The number of aliphatic hydroxyl groups excluding tert-OH is 1. The highest BCUT2D eigenvalue weighted by molar-refractivity contribution is 5.63. The van der Waals surface area contributed by atoms with E-state index in [9.17, 15) is 5.11 Å². The fourth-order valence-electron chi connectivity index (χ4n) is 2.71. The van der Waals surface area contributed by atoms with Crippen LogP contribution >= 0.6 is 0 Å². The fraction of sp³-hybridized carbons (Fsp3) is 0.438. The molecule has 0 radical (unpaired) electrons. The first kappa shape index (κ1) is 13.3. The van der Waals surface area contributed by atoms with Gasteiger partial charge >= 0.3 is 0 Å². The Morgan fingerprint density at radius 3 is 2.90 bits per heavy atom. The van der Waals surface area contributed by atoms with Crippen LogP contribution in [-0.4, -0.2) is 21.5 Å². The second-order valence-corrected chi connectivity index (χ2v) is 5.26. The first-order chi connectivity index (χ1) is 9.79. The van der Waals surface area contributed by atoms with Crippen molar-refractivity contribution in [3.05, 3.63) is 41.6 Å². The van der Waals surface area contributed by atoms with E-state index in [0.29, 0.717) is 0 Å². The summed E-state index contributed by atoms with van der Waals surface area (Å²) in [6.07, 6.45) is 3.18. The summed E-state index contributed by atoms with van der Waals surface area (Å²) in [6, 6.07) is 10.1.